The molecule has 0 fully saturated rings. The van der Waals surface area contributed by atoms with E-state index in [1.807, 2.05) is 13.1 Å². The van der Waals surface area contributed by atoms with Crippen LogP contribution in [0.1, 0.15) is 12.5 Å². The fourth-order valence-corrected chi connectivity index (χ4v) is 2.86. The van der Waals surface area contributed by atoms with Crippen LogP contribution in [0.5, 0.6) is 0 Å². The summed E-state index contributed by atoms with van der Waals surface area (Å²) < 4.78 is 3.68. The zero-order valence-corrected chi connectivity index (χ0v) is 14.5. The fourth-order valence-electron chi connectivity index (χ4n) is 2.06. The van der Waals surface area contributed by atoms with Crippen molar-refractivity contribution in [1.29, 1.82) is 5.26 Å². The number of hydrogen-bond acceptors (Lipinski definition) is 4. The number of nitrogens with zero attached hydrogens (tertiary/aromatic N) is 3. The van der Waals surface area contributed by atoms with Crippen molar-refractivity contribution in [3.63, 3.8) is 0 Å². The highest BCUT2D eigenvalue weighted by molar-refractivity contribution is 9.13. The minimum Gasteiger partial charge on any atom is -0.354 e. The van der Waals surface area contributed by atoms with Crippen molar-refractivity contribution in [2.75, 3.05) is 25.5 Å². The molecule has 7 heteroatoms. The first kappa shape index (κ1) is 15.3. The number of aryl methyl sites for hydroxylation is 1. The molecule has 2 aromatic rings. The average Bonchev–Trinajstić information content (AvgIpc) is 2.77. The summed E-state index contributed by atoms with van der Waals surface area (Å²) >= 11 is 6.91. The molecule has 0 unspecified atom stereocenters. The van der Waals surface area contributed by atoms with E-state index in [0.717, 1.165) is 45.6 Å². The van der Waals surface area contributed by atoms with Gasteiger partial charge < -0.3 is 15.2 Å². The highest BCUT2D eigenvalue weighted by Gasteiger charge is 2.17. The summed E-state index contributed by atoms with van der Waals surface area (Å²) in [6.07, 6.45) is 0. The van der Waals surface area contributed by atoms with E-state index in [0.29, 0.717) is 5.56 Å². The fraction of sp³-hybridized carbons (Fsp3) is 0.385. The van der Waals surface area contributed by atoms with Crippen molar-refractivity contribution in [2.45, 2.75) is 13.5 Å². The number of imidazole rings is 1. The molecule has 2 N–H and O–H groups in total. The number of aromatic nitrogens is 2. The highest BCUT2D eigenvalue weighted by atomic mass is 79.9. The molecular formula is C13H15Br2N5. The standard InChI is InChI=1S/C13H15Br2N5/c1-3-20-10-6-9(14)11(15)8(7-16)12(10)19-13(20)18-5-4-17-2/h6,17H,3-5H2,1-2H3,(H,18,19). The molecule has 0 amide bonds. The van der Waals surface area contributed by atoms with Gasteiger partial charge in [0.1, 0.15) is 11.6 Å². The number of hydrogen-bond donors (Lipinski definition) is 2. The van der Waals surface area contributed by atoms with Crippen LogP contribution in [-0.4, -0.2) is 29.7 Å². The number of nitrogens with one attached hydrogen (secondary N) is 2. The Kier molecular flexibility index (Phi) is 5.02. The third-order valence-corrected chi connectivity index (χ3v) is 5.00. The number of fused-ring (bicyclic) bond motifs is 1. The number of rotatable bonds is 5. The Morgan fingerprint density at radius 1 is 1.40 bits per heavy atom. The number of halogens is 2. The SMILES string of the molecule is CCn1c(NCCNC)nc2c(C#N)c(Br)c(Br)cc21. The van der Waals surface area contributed by atoms with Crippen LogP contribution in [0.25, 0.3) is 11.0 Å². The van der Waals surface area contributed by atoms with E-state index in [2.05, 4.69) is 65.0 Å². The number of benzene rings is 1. The summed E-state index contributed by atoms with van der Waals surface area (Å²) in [4.78, 5) is 4.58. The van der Waals surface area contributed by atoms with Crippen LogP contribution >= 0.6 is 31.9 Å². The third kappa shape index (κ3) is 2.68. The Morgan fingerprint density at radius 2 is 2.15 bits per heavy atom. The Labute approximate surface area is 134 Å². The highest BCUT2D eigenvalue weighted by Crippen LogP contribution is 2.34. The second kappa shape index (κ2) is 6.57. The predicted molar refractivity (Wildman–Crippen MR) is 87.9 cm³/mol. The molecule has 20 heavy (non-hydrogen) atoms. The summed E-state index contributed by atoms with van der Waals surface area (Å²) in [5.74, 6) is 0.791. The molecule has 0 radical (unpaired) electrons. The molecule has 0 aliphatic rings. The Morgan fingerprint density at radius 3 is 2.75 bits per heavy atom. The molecule has 0 saturated heterocycles. The van der Waals surface area contributed by atoms with Crippen molar-refractivity contribution >= 4 is 48.8 Å². The zero-order chi connectivity index (χ0) is 14.7. The van der Waals surface area contributed by atoms with Crippen molar-refractivity contribution in [3.8, 4) is 6.07 Å². The first-order chi connectivity index (χ1) is 9.63. The molecule has 5 nitrogen and oxygen atoms in total. The van der Waals surface area contributed by atoms with Crippen molar-refractivity contribution < 1.29 is 0 Å². The van der Waals surface area contributed by atoms with Gasteiger partial charge in [-0.15, -0.1) is 0 Å². The summed E-state index contributed by atoms with van der Waals surface area (Å²) in [5.41, 5.74) is 2.22. The first-order valence-electron chi connectivity index (χ1n) is 6.30. The molecule has 1 aromatic carbocycles. The zero-order valence-electron chi connectivity index (χ0n) is 11.3. The molecule has 0 spiro atoms. The minimum absolute atomic E-state index is 0.554. The van der Waals surface area contributed by atoms with Gasteiger partial charge in [-0.2, -0.15) is 5.26 Å². The van der Waals surface area contributed by atoms with Crippen LogP contribution in [0.15, 0.2) is 15.0 Å². The van der Waals surface area contributed by atoms with Crippen LogP contribution in [0.2, 0.25) is 0 Å². The van der Waals surface area contributed by atoms with Gasteiger partial charge in [0.15, 0.2) is 0 Å². The number of nitriles is 1. The van der Waals surface area contributed by atoms with Crippen molar-refractivity contribution in [3.05, 3.63) is 20.6 Å². The average molecular weight is 401 g/mol. The summed E-state index contributed by atoms with van der Waals surface area (Å²) in [6.45, 7) is 4.49. The molecule has 1 aromatic heterocycles. The molecule has 0 saturated carbocycles. The van der Waals surface area contributed by atoms with Gasteiger partial charge in [0.2, 0.25) is 5.95 Å². The maximum Gasteiger partial charge on any atom is 0.203 e. The molecule has 0 aliphatic heterocycles. The summed E-state index contributed by atoms with van der Waals surface area (Å²) in [5, 5.41) is 15.7. The molecule has 2 rings (SSSR count). The van der Waals surface area contributed by atoms with E-state index in [1.165, 1.54) is 0 Å². The van der Waals surface area contributed by atoms with Crippen molar-refractivity contribution in [2.24, 2.45) is 0 Å². The number of anilines is 1. The smallest absolute Gasteiger partial charge is 0.203 e. The molecule has 0 atom stereocenters. The van der Waals surface area contributed by atoms with E-state index in [9.17, 15) is 5.26 Å². The molecule has 1 heterocycles. The molecule has 0 bridgehead atoms. The van der Waals surface area contributed by atoms with E-state index in [1.54, 1.807) is 0 Å². The van der Waals surface area contributed by atoms with Gasteiger partial charge in [0, 0.05) is 24.1 Å². The summed E-state index contributed by atoms with van der Waals surface area (Å²) in [6, 6.07) is 4.20. The van der Waals surface area contributed by atoms with E-state index in [-0.39, 0.29) is 0 Å². The summed E-state index contributed by atoms with van der Waals surface area (Å²) in [7, 11) is 1.91. The van der Waals surface area contributed by atoms with Gasteiger partial charge in [0.05, 0.1) is 15.6 Å². The van der Waals surface area contributed by atoms with Gasteiger partial charge in [0.25, 0.3) is 0 Å². The first-order valence-corrected chi connectivity index (χ1v) is 7.89. The van der Waals surface area contributed by atoms with Gasteiger partial charge >= 0.3 is 0 Å². The van der Waals surface area contributed by atoms with Gasteiger partial charge in [-0.3, -0.25) is 0 Å². The largest absolute Gasteiger partial charge is 0.354 e. The van der Waals surface area contributed by atoms with Crippen LogP contribution < -0.4 is 10.6 Å². The van der Waals surface area contributed by atoms with Gasteiger partial charge in [-0.1, -0.05) is 0 Å². The molecular weight excluding hydrogens is 386 g/mol. The lowest BCUT2D eigenvalue weighted by Crippen LogP contribution is -2.19. The monoisotopic (exact) mass is 399 g/mol. The van der Waals surface area contributed by atoms with Gasteiger partial charge in [-0.25, -0.2) is 4.98 Å². The quantitative estimate of drug-likeness (QED) is 0.757. The maximum atomic E-state index is 9.35. The van der Waals surface area contributed by atoms with Gasteiger partial charge in [-0.05, 0) is 51.9 Å². The van der Waals surface area contributed by atoms with Crippen LogP contribution in [0, 0.1) is 11.3 Å². The van der Waals surface area contributed by atoms with E-state index < -0.39 is 0 Å². The number of likely N-dealkylation sites (N-methyl/N-ethyl adjacent to an activating group) is 1. The third-order valence-electron chi connectivity index (χ3n) is 3.02. The normalized spacial score (nSPS) is 10.8. The van der Waals surface area contributed by atoms with E-state index >= 15 is 0 Å². The van der Waals surface area contributed by atoms with E-state index in [4.69, 9.17) is 0 Å². The Balaban J connectivity index is 2.59. The Bertz CT molecular complexity index is 672. The van der Waals surface area contributed by atoms with Crippen LogP contribution in [-0.2, 0) is 6.54 Å². The van der Waals surface area contributed by atoms with Crippen molar-refractivity contribution in [1.82, 2.24) is 14.9 Å². The molecule has 106 valence electrons. The lowest BCUT2D eigenvalue weighted by molar-refractivity contribution is 0.769. The second-order valence-electron chi connectivity index (χ2n) is 4.24. The van der Waals surface area contributed by atoms with Crippen LogP contribution in [0.4, 0.5) is 5.95 Å². The predicted octanol–water partition coefficient (Wildman–Crippen LogP) is 3.08. The maximum absolute atomic E-state index is 9.35. The Hall–Kier alpha value is -1.10. The second-order valence-corrected chi connectivity index (χ2v) is 5.88. The molecule has 0 aliphatic carbocycles. The lowest BCUT2D eigenvalue weighted by atomic mass is 10.2. The lowest BCUT2D eigenvalue weighted by Gasteiger charge is -2.08. The van der Waals surface area contributed by atoms with Crippen LogP contribution in [0.3, 0.4) is 0 Å². The topological polar surface area (TPSA) is 65.7 Å². The minimum atomic E-state index is 0.554.